The third-order valence-electron chi connectivity index (χ3n) is 12.1. The van der Waals surface area contributed by atoms with Gasteiger partial charge >= 0.3 is 5.97 Å². The number of aromatic amines is 2. The number of nitrogens with one attached hydrogen (secondary N) is 4. The van der Waals surface area contributed by atoms with Gasteiger partial charge in [0.15, 0.2) is 0 Å². The molecule has 65 heavy (non-hydrogen) atoms. The molecule has 4 aromatic heterocycles. The Morgan fingerprint density at radius 3 is 1.71 bits per heavy atom. The molecule has 10 rings (SSSR count). The average molecular weight is 903 g/mol. The molecule has 0 unspecified atom stereocenters. The predicted octanol–water partition coefficient (Wildman–Crippen LogP) is 9.56. The van der Waals surface area contributed by atoms with Crippen LogP contribution in [0, 0.1) is 34.6 Å². The molecule has 3 aliphatic heterocycles. The van der Waals surface area contributed by atoms with Crippen LogP contribution in [0.15, 0.2) is 77.5 Å². The van der Waals surface area contributed by atoms with E-state index in [1.165, 1.54) is 0 Å². The van der Waals surface area contributed by atoms with E-state index in [1.807, 2.05) is 109 Å². The molecule has 328 valence electrons. The molecule has 0 aliphatic carbocycles. The largest absolute Gasteiger partial charge is 0.478 e. The summed E-state index contributed by atoms with van der Waals surface area (Å²) in [5.41, 5.74) is 14.1. The topological polar surface area (TPSA) is 176 Å². The fourth-order valence-electron chi connectivity index (χ4n) is 8.53. The molecule has 3 aliphatic rings. The monoisotopic (exact) mass is 902 g/mol. The number of piperazine rings is 1. The van der Waals surface area contributed by atoms with Crippen LogP contribution in [0.1, 0.15) is 70.8 Å². The molecular weight excluding hydrogens is 857 g/mol. The van der Waals surface area contributed by atoms with Gasteiger partial charge in [-0.05, 0) is 89.2 Å². The third-order valence-corrected chi connectivity index (χ3v) is 13.8. The van der Waals surface area contributed by atoms with E-state index in [0.29, 0.717) is 33.7 Å². The van der Waals surface area contributed by atoms with E-state index in [4.69, 9.17) is 4.98 Å². The minimum absolute atomic E-state index is 0.0523. The smallest absolute Gasteiger partial charge is 0.337 e. The van der Waals surface area contributed by atoms with E-state index in [9.17, 15) is 24.3 Å². The van der Waals surface area contributed by atoms with Crippen molar-refractivity contribution in [2.75, 3.05) is 43.9 Å². The van der Waals surface area contributed by atoms with Crippen LogP contribution in [-0.2, 0) is 9.59 Å². The number of nitrogens with zero attached hydrogens (tertiary/aromatic N) is 4. The Bertz CT molecular complexity index is 3130. The maximum Gasteiger partial charge on any atom is 0.337 e. The number of H-pyrrole nitrogens is 2. The number of carbonyl (C=O) groups is 4. The van der Waals surface area contributed by atoms with Crippen LogP contribution in [0.2, 0.25) is 0 Å². The first-order chi connectivity index (χ1) is 31.2. The zero-order chi connectivity index (χ0) is 45.7. The highest BCUT2D eigenvalue weighted by molar-refractivity contribution is 7.13. The molecule has 13 nitrogen and oxygen atoms in total. The lowest BCUT2D eigenvalue weighted by atomic mass is 10.0. The van der Waals surface area contributed by atoms with Crippen molar-refractivity contribution in [2.45, 2.75) is 34.6 Å². The second-order valence-electron chi connectivity index (χ2n) is 16.4. The number of carboxylic acids is 1. The van der Waals surface area contributed by atoms with Crippen LogP contribution in [-0.4, -0.2) is 91.8 Å². The summed E-state index contributed by atoms with van der Waals surface area (Å²) in [7, 11) is 2.07. The van der Waals surface area contributed by atoms with Crippen molar-refractivity contribution >= 4 is 81.0 Å². The van der Waals surface area contributed by atoms with Crippen LogP contribution in [0.4, 0.5) is 11.4 Å². The van der Waals surface area contributed by atoms with Gasteiger partial charge in [0.2, 0.25) is 0 Å². The van der Waals surface area contributed by atoms with Crippen molar-refractivity contribution in [2.24, 2.45) is 0 Å². The summed E-state index contributed by atoms with van der Waals surface area (Å²) in [6, 6.07) is 21.7. The van der Waals surface area contributed by atoms with Gasteiger partial charge in [-0.3, -0.25) is 14.4 Å². The van der Waals surface area contributed by atoms with E-state index in [2.05, 4.69) is 37.5 Å². The molecule has 3 aromatic carbocycles. The molecule has 3 amide bonds. The number of aryl methyl sites for hydroxylation is 3. The molecular formula is C50H46N8O5S2. The number of carboxylic acid groups (broad SMARTS) is 1. The lowest BCUT2D eigenvalue weighted by Gasteiger charge is -2.32. The molecule has 0 radical (unpaired) electrons. The molecule has 5 N–H and O–H groups in total. The summed E-state index contributed by atoms with van der Waals surface area (Å²) in [5.74, 6) is -1.30. The van der Waals surface area contributed by atoms with Crippen molar-refractivity contribution in [3.8, 4) is 33.1 Å². The van der Waals surface area contributed by atoms with Crippen LogP contribution >= 0.6 is 22.7 Å². The number of amides is 3. The van der Waals surface area contributed by atoms with E-state index < -0.39 is 5.97 Å². The van der Waals surface area contributed by atoms with Crippen molar-refractivity contribution in [1.82, 2.24) is 29.7 Å². The summed E-state index contributed by atoms with van der Waals surface area (Å²) in [6.45, 7) is 12.5. The highest BCUT2D eigenvalue weighted by Gasteiger charge is 2.30. The molecule has 0 atom stereocenters. The Morgan fingerprint density at radius 2 is 1.18 bits per heavy atom. The van der Waals surface area contributed by atoms with Gasteiger partial charge in [0, 0.05) is 98.9 Å². The minimum atomic E-state index is -0.989. The number of hydrogen-bond acceptors (Lipinski definition) is 9. The van der Waals surface area contributed by atoms with Crippen LogP contribution < -0.4 is 10.6 Å². The van der Waals surface area contributed by atoms with Crippen molar-refractivity contribution < 1.29 is 24.3 Å². The summed E-state index contributed by atoms with van der Waals surface area (Å²) >= 11 is 3.18. The van der Waals surface area contributed by atoms with Gasteiger partial charge in [0.1, 0.15) is 5.01 Å². The van der Waals surface area contributed by atoms with E-state index in [0.717, 1.165) is 104 Å². The summed E-state index contributed by atoms with van der Waals surface area (Å²) < 4.78 is 0. The molecule has 0 bridgehead atoms. The van der Waals surface area contributed by atoms with Crippen molar-refractivity contribution in [3.63, 3.8) is 0 Å². The first kappa shape index (κ1) is 43.1. The molecule has 15 heteroatoms. The number of likely N-dealkylation sites (N-methyl/N-ethyl adjacent to an activating group) is 1. The van der Waals surface area contributed by atoms with Gasteiger partial charge in [0.25, 0.3) is 17.7 Å². The Hall–Kier alpha value is -7.20. The summed E-state index contributed by atoms with van der Waals surface area (Å²) in [5, 5.41) is 21.3. The molecule has 0 saturated carbocycles. The van der Waals surface area contributed by atoms with Crippen LogP contribution in [0.25, 0.3) is 56.4 Å². The van der Waals surface area contributed by atoms with Gasteiger partial charge < -0.3 is 35.5 Å². The number of aromatic carboxylic acids is 1. The van der Waals surface area contributed by atoms with Gasteiger partial charge in [-0.2, -0.15) is 0 Å². The normalized spacial score (nSPS) is 15.8. The van der Waals surface area contributed by atoms with Crippen molar-refractivity contribution in [1.29, 1.82) is 0 Å². The quantitative estimate of drug-likeness (QED) is 0.0983. The maximum absolute atomic E-state index is 13.2. The van der Waals surface area contributed by atoms with E-state index in [-0.39, 0.29) is 23.3 Å². The van der Waals surface area contributed by atoms with Gasteiger partial charge in [-0.15, -0.1) is 22.7 Å². The number of thiazole rings is 2. The average Bonchev–Trinajstić information content (AvgIpc) is 4.15. The van der Waals surface area contributed by atoms with E-state index in [1.54, 1.807) is 42.6 Å². The molecule has 7 aromatic rings. The standard InChI is InChI=1S/C25H27N5O2S.C25H19N3O3S/c1-14-21(26-15(2)23(14)25(32)30-9-7-29(4)8-10-30)12-19-18-11-17(22-13-33-16(3)27-22)5-6-20(18)28-24(19)31;1-13-20(26-14(2)22(13)25(30)31)11-18-17-10-16(8-9-19(17)27-23(18)29)21-12-32-24(28-21)15-6-4-3-5-7-15/h5-6,11-13,26H,7-10H2,1-4H3,(H,28,31);3-12,26H,1-2H3,(H,27,29)(H,30,31)/b19-12-;18-11-. The van der Waals surface area contributed by atoms with Gasteiger partial charge in [-0.1, -0.05) is 42.5 Å². The number of anilines is 2. The zero-order valence-corrected chi connectivity index (χ0v) is 38.3. The fourth-order valence-corrected chi connectivity index (χ4v) is 9.99. The Labute approximate surface area is 383 Å². The lowest BCUT2D eigenvalue weighted by Crippen LogP contribution is -2.47. The lowest BCUT2D eigenvalue weighted by molar-refractivity contribution is -0.111. The molecule has 1 saturated heterocycles. The number of hydrogen-bond donors (Lipinski definition) is 5. The Kier molecular flexibility index (Phi) is 11.5. The molecule has 0 spiro atoms. The van der Waals surface area contributed by atoms with Crippen LogP contribution in [0.3, 0.4) is 0 Å². The number of carbonyl (C=O) groups excluding carboxylic acids is 3. The SMILES string of the molecule is Cc1[nH]c(/C=C2\C(=O)Nc3ccc(-c4csc(-c5ccccc5)n4)cc32)c(C)c1C(=O)O.Cc1nc(-c2ccc3c(c2)/C(=C/c2[nH]c(C)c(C(=O)N4CCN(C)CC4)c2C)C(=O)N3)cs1. The number of aromatic nitrogens is 4. The fraction of sp³-hybridized carbons (Fsp3) is 0.200. The first-order valence-electron chi connectivity index (χ1n) is 21.1. The highest BCUT2D eigenvalue weighted by Crippen LogP contribution is 2.39. The van der Waals surface area contributed by atoms with Crippen LogP contribution in [0.5, 0.6) is 0 Å². The van der Waals surface area contributed by atoms with E-state index >= 15 is 0 Å². The number of fused-ring (bicyclic) bond motifs is 2. The van der Waals surface area contributed by atoms with Gasteiger partial charge in [-0.25, -0.2) is 14.8 Å². The second-order valence-corrected chi connectivity index (χ2v) is 18.3. The highest BCUT2D eigenvalue weighted by atomic mass is 32.1. The summed E-state index contributed by atoms with van der Waals surface area (Å²) in [4.78, 5) is 70.2. The maximum atomic E-state index is 13.2. The Balaban J connectivity index is 0.000000164. The van der Waals surface area contributed by atoms with Gasteiger partial charge in [0.05, 0.1) is 38.7 Å². The zero-order valence-electron chi connectivity index (χ0n) is 36.7. The van der Waals surface area contributed by atoms with Crippen molar-refractivity contribution in [3.05, 3.63) is 139 Å². The number of rotatable bonds is 7. The first-order valence-corrected chi connectivity index (χ1v) is 22.9. The minimum Gasteiger partial charge on any atom is -0.478 e. The summed E-state index contributed by atoms with van der Waals surface area (Å²) in [6.07, 6.45) is 3.58. The third kappa shape index (κ3) is 8.36. The Morgan fingerprint density at radius 1 is 0.662 bits per heavy atom. The second kappa shape index (κ2) is 17.4. The molecule has 1 fully saturated rings. The predicted molar refractivity (Wildman–Crippen MR) is 259 cm³/mol. The number of benzene rings is 3. The molecule has 7 heterocycles.